The Morgan fingerprint density at radius 3 is 2.66 bits per heavy atom. The number of carbonyl (C=O) groups is 3. The van der Waals surface area contributed by atoms with E-state index >= 15 is 0 Å². The topological polar surface area (TPSA) is 87.2 Å². The fraction of sp³-hybridized carbons (Fsp3) is 0.815. The van der Waals surface area contributed by atoms with E-state index in [9.17, 15) is 19.5 Å². The molecule has 3 heterocycles. The quantitative estimate of drug-likeness (QED) is 0.263. The van der Waals surface area contributed by atoms with Crippen molar-refractivity contribution in [2.24, 2.45) is 17.8 Å². The molecule has 2 bridgehead atoms. The van der Waals surface area contributed by atoms with Gasteiger partial charge in [-0.15, -0.1) is 18.3 Å². The molecule has 3 unspecified atom stereocenters. The fourth-order valence-corrected chi connectivity index (χ4v) is 9.63. The molecule has 7 nitrogen and oxygen atoms in total. The van der Waals surface area contributed by atoms with E-state index in [-0.39, 0.29) is 48.2 Å². The summed E-state index contributed by atoms with van der Waals surface area (Å²) >= 11 is 1.71. The molecule has 0 aromatic heterocycles. The Morgan fingerprint density at radius 1 is 1.26 bits per heavy atom. The zero-order valence-electron chi connectivity index (χ0n) is 21.3. The lowest BCUT2D eigenvalue weighted by Gasteiger charge is -2.43. The molecule has 3 aliphatic heterocycles. The third-order valence-electron chi connectivity index (χ3n) is 8.72. The fourth-order valence-electron chi connectivity index (χ4n) is 7.22. The number of aliphatic hydroxyl groups is 1. The van der Waals surface area contributed by atoms with Crippen LogP contribution < -0.4 is 0 Å². The maximum absolute atomic E-state index is 14.5. The van der Waals surface area contributed by atoms with E-state index in [1.54, 1.807) is 29.7 Å². The summed E-state index contributed by atoms with van der Waals surface area (Å²) in [6.45, 7) is 9.25. The number of thioether (sulfide) groups is 1. The Bertz CT molecular complexity index is 815. The molecule has 4 fully saturated rings. The van der Waals surface area contributed by atoms with Crippen molar-refractivity contribution in [2.75, 3.05) is 26.3 Å². The lowest BCUT2D eigenvalue weighted by atomic mass is 9.66. The van der Waals surface area contributed by atoms with Crippen molar-refractivity contribution in [3.63, 3.8) is 0 Å². The molecule has 4 aliphatic rings. The molecule has 0 radical (unpaired) electrons. The van der Waals surface area contributed by atoms with Crippen LogP contribution in [0.25, 0.3) is 0 Å². The summed E-state index contributed by atoms with van der Waals surface area (Å²) in [6.07, 6.45) is 10.2. The summed E-state index contributed by atoms with van der Waals surface area (Å²) in [5, 5.41) is 9.24. The van der Waals surface area contributed by atoms with E-state index in [1.165, 1.54) is 6.42 Å². The Labute approximate surface area is 214 Å². The number of unbranched alkanes of at least 4 members (excludes halogenated alkanes) is 2. The zero-order valence-corrected chi connectivity index (χ0v) is 22.1. The van der Waals surface area contributed by atoms with Crippen molar-refractivity contribution in [2.45, 2.75) is 93.7 Å². The normalized spacial score (nSPS) is 34.2. The van der Waals surface area contributed by atoms with Gasteiger partial charge >= 0.3 is 5.97 Å². The molecule has 196 valence electrons. The van der Waals surface area contributed by atoms with Gasteiger partial charge in [-0.05, 0) is 51.4 Å². The monoisotopic (exact) mass is 506 g/mol. The molecule has 1 saturated carbocycles. The van der Waals surface area contributed by atoms with Crippen molar-refractivity contribution in [1.29, 1.82) is 0 Å². The number of hydrogen-bond acceptors (Lipinski definition) is 6. The Hall–Kier alpha value is -1.54. The van der Waals surface area contributed by atoms with Gasteiger partial charge in [-0.2, -0.15) is 0 Å². The summed E-state index contributed by atoms with van der Waals surface area (Å²) in [5.41, 5.74) is 0. The van der Waals surface area contributed by atoms with E-state index in [0.29, 0.717) is 19.5 Å². The second kappa shape index (κ2) is 11.2. The number of esters is 1. The van der Waals surface area contributed by atoms with Crippen LogP contribution in [0.3, 0.4) is 0 Å². The SMILES string of the molecule is C=CCN(C(=O)C1N(CCCCCO)C(=O)[C@@H]2[C@@H](C(=O)OCC)[C@H]3CC(C)C12S3)C1CCCCC1. The van der Waals surface area contributed by atoms with Gasteiger partial charge in [0.1, 0.15) is 6.04 Å². The van der Waals surface area contributed by atoms with Gasteiger partial charge in [0.15, 0.2) is 0 Å². The van der Waals surface area contributed by atoms with Gasteiger partial charge in [0.05, 0.1) is 23.2 Å². The average molecular weight is 507 g/mol. The highest BCUT2D eigenvalue weighted by molar-refractivity contribution is 8.02. The summed E-state index contributed by atoms with van der Waals surface area (Å²) < 4.78 is 4.84. The van der Waals surface area contributed by atoms with Crippen LogP contribution in [0.2, 0.25) is 0 Å². The third kappa shape index (κ3) is 4.54. The van der Waals surface area contributed by atoms with E-state index in [4.69, 9.17) is 4.74 Å². The standard InChI is InChI=1S/C27H42N2O5S/c1-4-14-28(19-12-8-6-9-13-19)25(32)23-27-18(3)17-20(35-27)21(26(33)34-5-2)22(27)24(31)29(23)15-10-7-11-16-30/h4,18-23,30H,1,5-17H2,2-3H3/t18?,20-,21+,22+,23?,27?/m1/s1. The van der Waals surface area contributed by atoms with Crippen LogP contribution in [0.4, 0.5) is 0 Å². The highest BCUT2D eigenvalue weighted by Gasteiger charge is 2.76. The predicted molar refractivity (Wildman–Crippen MR) is 137 cm³/mol. The van der Waals surface area contributed by atoms with Gasteiger partial charge in [0.2, 0.25) is 11.8 Å². The van der Waals surface area contributed by atoms with Crippen molar-refractivity contribution in [1.82, 2.24) is 9.80 Å². The Kier molecular flexibility index (Phi) is 8.52. The largest absolute Gasteiger partial charge is 0.466 e. The van der Waals surface area contributed by atoms with Crippen LogP contribution in [0.5, 0.6) is 0 Å². The molecule has 0 aromatic carbocycles. The highest BCUT2D eigenvalue weighted by atomic mass is 32.2. The smallest absolute Gasteiger partial charge is 0.310 e. The number of nitrogens with zero attached hydrogens (tertiary/aromatic N) is 2. The number of fused-ring (bicyclic) bond motifs is 1. The molecule has 6 atom stereocenters. The average Bonchev–Trinajstić information content (AvgIpc) is 3.44. The summed E-state index contributed by atoms with van der Waals surface area (Å²) in [4.78, 5) is 45.3. The number of hydrogen-bond donors (Lipinski definition) is 1. The molecule has 0 aromatic rings. The Morgan fingerprint density at radius 2 is 2.00 bits per heavy atom. The van der Waals surface area contributed by atoms with Crippen LogP contribution in [0.1, 0.15) is 71.6 Å². The predicted octanol–water partition coefficient (Wildman–Crippen LogP) is 3.40. The molecule has 8 heteroatoms. The van der Waals surface area contributed by atoms with Crippen LogP contribution in [-0.4, -0.2) is 81.1 Å². The maximum Gasteiger partial charge on any atom is 0.310 e. The number of ether oxygens (including phenoxy) is 1. The van der Waals surface area contributed by atoms with Crippen LogP contribution >= 0.6 is 11.8 Å². The molecule has 3 saturated heterocycles. The molecule has 35 heavy (non-hydrogen) atoms. The zero-order chi connectivity index (χ0) is 25.2. The summed E-state index contributed by atoms with van der Waals surface area (Å²) in [6, 6.07) is -0.392. The molecular formula is C27H42N2O5S. The van der Waals surface area contributed by atoms with E-state index in [0.717, 1.165) is 44.9 Å². The van der Waals surface area contributed by atoms with Gasteiger partial charge < -0.3 is 19.6 Å². The lowest BCUT2D eigenvalue weighted by Crippen LogP contribution is -2.59. The third-order valence-corrected chi connectivity index (χ3v) is 10.8. The van der Waals surface area contributed by atoms with Crippen LogP contribution in [-0.2, 0) is 19.1 Å². The van der Waals surface area contributed by atoms with Gasteiger partial charge in [-0.25, -0.2) is 0 Å². The molecule has 1 aliphatic carbocycles. The molecule has 2 amide bonds. The second-order valence-corrected chi connectivity index (χ2v) is 12.2. The van der Waals surface area contributed by atoms with E-state index in [1.807, 2.05) is 4.90 Å². The molecule has 4 rings (SSSR count). The number of amides is 2. The minimum Gasteiger partial charge on any atom is -0.466 e. The minimum atomic E-state index is -0.596. The molecular weight excluding hydrogens is 464 g/mol. The minimum absolute atomic E-state index is 0.0207. The molecule has 1 spiro atoms. The first-order valence-corrected chi connectivity index (χ1v) is 14.5. The highest BCUT2D eigenvalue weighted by Crippen LogP contribution is 2.68. The van der Waals surface area contributed by atoms with Gasteiger partial charge in [0, 0.05) is 31.0 Å². The first kappa shape index (κ1) is 26.5. The van der Waals surface area contributed by atoms with Crippen molar-refractivity contribution in [3.05, 3.63) is 12.7 Å². The first-order valence-electron chi connectivity index (χ1n) is 13.6. The number of likely N-dealkylation sites (tertiary alicyclic amines) is 1. The number of aliphatic hydroxyl groups excluding tert-OH is 1. The van der Waals surface area contributed by atoms with E-state index < -0.39 is 22.6 Å². The maximum atomic E-state index is 14.5. The molecule has 1 N–H and O–H groups in total. The van der Waals surface area contributed by atoms with E-state index in [2.05, 4.69) is 13.5 Å². The summed E-state index contributed by atoms with van der Waals surface area (Å²) in [5.74, 6) is -1.16. The number of carbonyl (C=O) groups excluding carboxylic acids is 3. The summed E-state index contributed by atoms with van der Waals surface area (Å²) in [7, 11) is 0. The van der Waals surface area contributed by atoms with Crippen LogP contribution in [0.15, 0.2) is 12.7 Å². The van der Waals surface area contributed by atoms with Gasteiger partial charge in [-0.3, -0.25) is 14.4 Å². The second-order valence-electron chi connectivity index (χ2n) is 10.7. The first-order chi connectivity index (χ1) is 16.9. The van der Waals surface area contributed by atoms with Crippen molar-refractivity contribution < 1.29 is 24.2 Å². The number of rotatable bonds is 11. The van der Waals surface area contributed by atoms with Gasteiger partial charge in [0.25, 0.3) is 0 Å². The van der Waals surface area contributed by atoms with Crippen LogP contribution in [0, 0.1) is 17.8 Å². The van der Waals surface area contributed by atoms with Gasteiger partial charge in [-0.1, -0.05) is 32.3 Å². The lowest BCUT2D eigenvalue weighted by molar-refractivity contribution is -0.154. The van der Waals surface area contributed by atoms with Crippen molar-refractivity contribution >= 4 is 29.5 Å². The Balaban J connectivity index is 1.71. The van der Waals surface area contributed by atoms with Crippen molar-refractivity contribution in [3.8, 4) is 0 Å².